The van der Waals surface area contributed by atoms with Gasteiger partial charge in [-0.05, 0) is 47.5 Å². The van der Waals surface area contributed by atoms with Gasteiger partial charge in [0, 0.05) is 20.9 Å². The molecule has 4 rings (SSSR count). The summed E-state index contributed by atoms with van der Waals surface area (Å²) in [5.41, 5.74) is 0.00944. The molecule has 0 fully saturated rings. The Bertz CT molecular complexity index is 1260. The van der Waals surface area contributed by atoms with Crippen molar-refractivity contribution in [2.45, 2.75) is 50.7 Å². The lowest BCUT2D eigenvalue weighted by Gasteiger charge is -2.40. The Kier molecular flexibility index (Phi) is 8.50. The van der Waals surface area contributed by atoms with E-state index in [4.69, 9.17) is 32.7 Å². The van der Waals surface area contributed by atoms with Gasteiger partial charge in [-0.25, -0.2) is 0 Å². The van der Waals surface area contributed by atoms with E-state index in [0.29, 0.717) is 21.5 Å². The first-order chi connectivity index (χ1) is 18.1. The van der Waals surface area contributed by atoms with E-state index >= 15 is 0 Å². The molecular formula is C33H32Cl2O3. The highest BCUT2D eigenvalue weighted by atomic mass is 35.5. The molecule has 0 saturated heterocycles. The first-order valence-electron chi connectivity index (χ1n) is 12.6. The smallest absolute Gasteiger partial charge is 0.215 e. The Labute approximate surface area is 235 Å². The molecule has 0 N–H and O–H groups in total. The minimum Gasteiger partial charge on any atom is -0.482 e. The summed E-state index contributed by atoms with van der Waals surface area (Å²) in [6.45, 7) is 7.90. The molecule has 0 amide bonds. The van der Waals surface area contributed by atoms with Gasteiger partial charge < -0.3 is 9.47 Å². The van der Waals surface area contributed by atoms with Gasteiger partial charge in [0.2, 0.25) is 5.78 Å². The minimum atomic E-state index is -0.930. The van der Waals surface area contributed by atoms with E-state index in [2.05, 4.69) is 0 Å². The van der Waals surface area contributed by atoms with Crippen LogP contribution in [0.3, 0.4) is 0 Å². The second kappa shape index (κ2) is 11.6. The van der Waals surface area contributed by atoms with Crippen LogP contribution < -0.4 is 9.47 Å². The second-order valence-electron chi connectivity index (χ2n) is 10.4. The summed E-state index contributed by atoms with van der Waals surface area (Å²) in [5, 5.41) is 1.13. The Morgan fingerprint density at radius 3 is 1.21 bits per heavy atom. The summed E-state index contributed by atoms with van der Waals surface area (Å²) >= 11 is 13.3. The Balaban J connectivity index is 1.86. The molecule has 0 bridgehead atoms. The van der Waals surface area contributed by atoms with E-state index < -0.39 is 23.0 Å². The normalized spacial score (nSPS) is 13.4. The SMILES string of the molecule is CC(C)(c1ccccc1Cl)C(Oc1ccccc1)C(=O)C(Oc1ccccc1)C(C)(C)c1ccccc1Cl. The van der Waals surface area contributed by atoms with E-state index in [-0.39, 0.29) is 5.78 Å². The molecule has 0 spiro atoms. The number of ketones is 1. The average Bonchev–Trinajstić information content (AvgIpc) is 2.91. The van der Waals surface area contributed by atoms with Gasteiger partial charge in [-0.1, -0.05) is 124 Å². The number of hydrogen-bond donors (Lipinski definition) is 0. The summed E-state index contributed by atoms with van der Waals surface area (Å²) < 4.78 is 13.0. The zero-order chi connectivity index (χ0) is 27.3. The predicted octanol–water partition coefficient (Wildman–Crippen LogP) is 8.71. The largest absolute Gasteiger partial charge is 0.482 e. The molecule has 0 aliphatic heterocycles. The van der Waals surface area contributed by atoms with E-state index in [1.54, 1.807) is 0 Å². The summed E-state index contributed by atoms with van der Waals surface area (Å²) in [4.78, 5) is 14.8. The molecule has 3 nitrogen and oxygen atoms in total. The number of ether oxygens (including phenoxy) is 2. The minimum absolute atomic E-state index is 0.215. The van der Waals surface area contributed by atoms with Crippen molar-refractivity contribution in [2.24, 2.45) is 0 Å². The molecule has 4 aromatic carbocycles. The number of para-hydroxylation sites is 2. The molecule has 0 heterocycles. The maximum Gasteiger partial charge on any atom is 0.215 e. The van der Waals surface area contributed by atoms with Crippen LogP contribution in [0.25, 0.3) is 0 Å². The molecule has 0 aromatic heterocycles. The van der Waals surface area contributed by atoms with Crippen molar-refractivity contribution < 1.29 is 14.3 Å². The van der Waals surface area contributed by atoms with Crippen molar-refractivity contribution in [1.82, 2.24) is 0 Å². The summed E-state index contributed by atoms with van der Waals surface area (Å²) in [6.07, 6.45) is -1.86. The van der Waals surface area contributed by atoms with Crippen LogP contribution in [-0.4, -0.2) is 18.0 Å². The molecular weight excluding hydrogens is 515 g/mol. The molecule has 4 aromatic rings. The summed E-state index contributed by atoms with van der Waals surface area (Å²) in [7, 11) is 0. The Hall–Kier alpha value is -3.27. The zero-order valence-corrected chi connectivity index (χ0v) is 23.5. The van der Waals surface area contributed by atoms with Crippen LogP contribution in [-0.2, 0) is 15.6 Å². The van der Waals surface area contributed by atoms with Crippen molar-refractivity contribution >= 4 is 29.0 Å². The molecule has 196 valence electrons. The quantitative estimate of drug-likeness (QED) is 0.199. The third-order valence-electron chi connectivity index (χ3n) is 6.96. The van der Waals surface area contributed by atoms with Gasteiger partial charge in [-0.2, -0.15) is 0 Å². The first-order valence-corrected chi connectivity index (χ1v) is 13.3. The van der Waals surface area contributed by atoms with Crippen LogP contribution in [0.15, 0.2) is 109 Å². The number of Topliss-reactive ketones (excluding diaryl/α,β-unsaturated/α-hetero) is 1. The van der Waals surface area contributed by atoms with Gasteiger partial charge in [-0.3, -0.25) is 4.79 Å². The lowest BCUT2D eigenvalue weighted by molar-refractivity contribution is -0.138. The van der Waals surface area contributed by atoms with E-state index in [1.807, 2.05) is 137 Å². The third kappa shape index (κ3) is 5.90. The van der Waals surface area contributed by atoms with Gasteiger partial charge in [0.05, 0.1) is 0 Å². The van der Waals surface area contributed by atoms with Crippen LogP contribution in [0.5, 0.6) is 11.5 Å². The number of halogens is 2. The maximum absolute atomic E-state index is 14.8. The maximum atomic E-state index is 14.8. The Morgan fingerprint density at radius 2 is 0.868 bits per heavy atom. The monoisotopic (exact) mass is 546 g/mol. The summed E-state index contributed by atoms with van der Waals surface area (Å²) in [5.74, 6) is 0.951. The average molecular weight is 548 g/mol. The molecule has 0 saturated carbocycles. The van der Waals surface area contributed by atoms with Crippen molar-refractivity contribution in [3.63, 3.8) is 0 Å². The number of hydrogen-bond acceptors (Lipinski definition) is 3. The van der Waals surface area contributed by atoms with E-state index in [1.165, 1.54) is 0 Å². The zero-order valence-electron chi connectivity index (χ0n) is 22.0. The van der Waals surface area contributed by atoms with Gasteiger partial charge in [0.15, 0.2) is 12.2 Å². The highest BCUT2D eigenvalue weighted by Gasteiger charge is 2.49. The second-order valence-corrected chi connectivity index (χ2v) is 11.2. The van der Waals surface area contributed by atoms with Crippen molar-refractivity contribution in [2.75, 3.05) is 0 Å². The standard InChI is InChI=1S/C33H32Cl2O3/c1-32(2,25-19-11-13-21-27(25)34)30(37-23-15-7-5-8-16-23)29(36)31(38-24-17-9-6-10-18-24)33(3,4)26-20-12-14-22-28(26)35/h5-22,30-31H,1-4H3. The van der Waals surface area contributed by atoms with Gasteiger partial charge in [0.25, 0.3) is 0 Å². The van der Waals surface area contributed by atoms with Crippen LogP contribution in [0, 0.1) is 0 Å². The lowest BCUT2D eigenvalue weighted by Crippen LogP contribution is -2.55. The van der Waals surface area contributed by atoms with Gasteiger partial charge in [-0.15, -0.1) is 0 Å². The van der Waals surface area contributed by atoms with Crippen LogP contribution in [0.2, 0.25) is 10.0 Å². The molecule has 5 heteroatoms. The highest BCUT2D eigenvalue weighted by Crippen LogP contribution is 2.40. The molecule has 0 aliphatic rings. The fraction of sp³-hybridized carbons (Fsp3) is 0.242. The van der Waals surface area contributed by atoms with Gasteiger partial charge in [0.1, 0.15) is 11.5 Å². The van der Waals surface area contributed by atoms with Crippen LogP contribution in [0.4, 0.5) is 0 Å². The molecule has 2 unspecified atom stereocenters. The lowest BCUT2D eigenvalue weighted by atomic mass is 9.71. The fourth-order valence-electron chi connectivity index (χ4n) is 4.78. The number of benzene rings is 4. The number of carbonyl (C=O) groups is 1. The summed E-state index contributed by atoms with van der Waals surface area (Å²) in [6, 6.07) is 33.8. The number of carbonyl (C=O) groups excluding carboxylic acids is 1. The fourth-order valence-corrected chi connectivity index (χ4v) is 5.54. The predicted molar refractivity (Wildman–Crippen MR) is 156 cm³/mol. The van der Waals surface area contributed by atoms with E-state index in [9.17, 15) is 4.79 Å². The van der Waals surface area contributed by atoms with Crippen LogP contribution in [0.1, 0.15) is 38.8 Å². The van der Waals surface area contributed by atoms with Crippen molar-refractivity contribution in [3.8, 4) is 11.5 Å². The first kappa shape index (κ1) is 27.8. The van der Waals surface area contributed by atoms with Crippen molar-refractivity contribution in [3.05, 3.63) is 130 Å². The third-order valence-corrected chi connectivity index (χ3v) is 7.62. The molecule has 38 heavy (non-hydrogen) atoms. The van der Waals surface area contributed by atoms with Crippen LogP contribution >= 0.6 is 23.2 Å². The molecule has 0 radical (unpaired) electrons. The van der Waals surface area contributed by atoms with Gasteiger partial charge >= 0.3 is 0 Å². The topological polar surface area (TPSA) is 35.5 Å². The molecule has 0 aliphatic carbocycles. The molecule has 2 atom stereocenters. The number of rotatable bonds is 10. The van der Waals surface area contributed by atoms with Crippen molar-refractivity contribution in [1.29, 1.82) is 0 Å². The highest BCUT2D eigenvalue weighted by molar-refractivity contribution is 6.31. The Morgan fingerprint density at radius 1 is 0.553 bits per heavy atom. The van der Waals surface area contributed by atoms with E-state index in [0.717, 1.165) is 11.1 Å².